The molecule has 0 fully saturated rings. The Bertz CT molecular complexity index is 468. The molecule has 4 nitrogen and oxygen atoms in total. The molecule has 16 heavy (non-hydrogen) atoms. The van der Waals surface area contributed by atoms with E-state index in [9.17, 15) is 0 Å². The first-order chi connectivity index (χ1) is 7.72. The van der Waals surface area contributed by atoms with Crippen molar-refractivity contribution >= 4 is 22.9 Å². The van der Waals surface area contributed by atoms with Gasteiger partial charge in [0.05, 0.1) is 11.1 Å². The maximum Gasteiger partial charge on any atom is 0.269 e. The van der Waals surface area contributed by atoms with E-state index in [2.05, 4.69) is 17.1 Å². The van der Waals surface area contributed by atoms with Gasteiger partial charge in [-0.25, -0.2) is 0 Å². The van der Waals surface area contributed by atoms with Gasteiger partial charge in [-0.3, -0.25) is 0 Å². The van der Waals surface area contributed by atoms with Crippen LogP contribution in [-0.2, 0) is 0 Å². The lowest BCUT2D eigenvalue weighted by Crippen LogP contribution is -2.11. The van der Waals surface area contributed by atoms with Crippen molar-refractivity contribution in [3.63, 3.8) is 0 Å². The Labute approximate surface area is 102 Å². The van der Waals surface area contributed by atoms with Gasteiger partial charge in [-0.2, -0.15) is 4.98 Å². The minimum atomic E-state index is -0.166. The summed E-state index contributed by atoms with van der Waals surface area (Å²) in [6.07, 6.45) is 1.84. The maximum atomic E-state index is 5.98. The van der Waals surface area contributed by atoms with Gasteiger partial charge in [0, 0.05) is 0 Å². The maximum absolute atomic E-state index is 5.98. The fraction of sp³-hybridized carbons (Fsp3) is 0.400. The molecule has 1 atom stereocenters. The highest BCUT2D eigenvalue weighted by Gasteiger charge is 2.17. The Morgan fingerprint density at radius 2 is 2.44 bits per heavy atom. The zero-order valence-electron chi connectivity index (χ0n) is 8.81. The molecule has 6 heteroatoms. The summed E-state index contributed by atoms with van der Waals surface area (Å²) >= 11 is 7.45. The van der Waals surface area contributed by atoms with Crippen LogP contribution in [0, 0.1) is 0 Å². The average Bonchev–Trinajstić information content (AvgIpc) is 2.86. The van der Waals surface area contributed by atoms with Crippen LogP contribution in [0.5, 0.6) is 0 Å². The molecule has 2 N–H and O–H groups in total. The molecule has 0 spiro atoms. The Hall–Kier alpha value is -0.910. The normalized spacial score (nSPS) is 12.9. The van der Waals surface area contributed by atoms with Crippen molar-refractivity contribution in [2.75, 3.05) is 0 Å². The van der Waals surface area contributed by atoms with Gasteiger partial charge in [0.15, 0.2) is 5.82 Å². The molecule has 0 radical (unpaired) electrons. The zero-order valence-corrected chi connectivity index (χ0v) is 10.4. The zero-order chi connectivity index (χ0) is 11.5. The van der Waals surface area contributed by atoms with E-state index in [0.29, 0.717) is 16.7 Å². The lowest BCUT2D eigenvalue weighted by molar-refractivity contribution is 0.414. The molecule has 0 aromatic carbocycles. The van der Waals surface area contributed by atoms with Crippen molar-refractivity contribution in [3.8, 4) is 10.8 Å². The quantitative estimate of drug-likeness (QED) is 0.913. The molecule has 2 aromatic heterocycles. The molecule has 0 bridgehead atoms. The number of nitrogens with zero attached hydrogens (tertiary/aromatic N) is 2. The highest BCUT2D eigenvalue weighted by molar-refractivity contribution is 7.14. The van der Waals surface area contributed by atoms with Crippen LogP contribution >= 0.6 is 22.9 Å². The molecule has 0 amide bonds. The fourth-order valence-corrected chi connectivity index (χ4v) is 2.42. The number of nitrogens with two attached hydrogens (primary N) is 1. The van der Waals surface area contributed by atoms with Crippen molar-refractivity contribution in [2.45, 2.75) is 25.8 Å². The first-order valence-electron chi connectivity index (χ1n) is 5.05. The SMILES string of the molecule is CCCC(N)c1noc(-c2sccc2Cl)n1. The standard InChI is InChI=1S/C10H12ClN3OS/c1-2-3-7(12)9-13-10(15-14-9)8-6(11)4-5-16-8/h4-5,7H,2-3,12H2,1H3. The second kappa shape index (κ2) is 4.95. The number of rotatable bonds is 4. The van der Waals surface area contributed by atoms with E-state index < -0.39 is 0 Å². The molecule has 2 aromatic rings. The molecule has 0 aliphatic carbocycles. The number of halogens is 1. The summed E-state index contributed by atoms with van der Waals surface area (Å²) in [5.74, 6) is 0.989. The van der Waals surface area contributed by atoms with Crippen LogP contribution in [0.25, 0.3) is 10.8 Å². The molecular weight excluding hydrogens is 246 g/mol. The molecule has 0 aliphatic rings. The first kappa shape index (κ1) is 11.6. The summed E-state index contributed by atoms with van der Waals surface area (Å²) in [6.45, 7) is 2.07. The molecule has 2 rings (SSSR count). The van der Waals surface area contributed by atoms with Crippen LogP contribution in [0.4, 0.5) is 0 Å². The molecule has 0 aliphatic heterocycles. The summed E-state index contributed by atoms with van der Waals surface area (Å²) in [7, 11) is 0. The van der Waals surface area contributed by atoms with E-state index in [-0.39, 0.29) is 6.04 Å². The van der Waals surface area contributed by atoms with Crippen molar-refractivity contribution in [1.29, 1.82) is 0 Å². The Morgan fingerprint density at radius 3 is 3.06 bits per heavy atom. The van der Waals surface area contributed by atoms with Crippen LogP contribution in [0.15, 0.2) is 16.0 Å². The number of hydrogen-bond acceptors (Lipinski definition) is 5. The van der Waals surface area contributed by atoms with Crippen LogP contribution in [0.2, 0.25) is 5.02 Å². The second-order valence-corrected chi connectivity index (χ2v) is 4.77. The van der Waals surface area contributed by atoms with E-state index in [0.717, 1.165) is 17.7 Å². The topological polar surface area (TPSA) is 64.9 Å². The fourth-order valence-electron chi connectivity index (χ4n) is 1.36. The first-order valence-corrected chi connectivity index (χ1v) is 6.30. The van der Waals surface area contributed by atoms with Gasteiger partial charge in [0.25, 0.3) is 5.89 Å². The smallest absolute Gasteiger partial charge is 0.269 e. The largest absolute Gasteiger partial charge is 0.333 e. The van der Waals surface area contributed by atoms with Crippen LogP contribution in [0.1, 0.15) is 31.6 Å². The van der Waals surface area contributed by atoms with Crippen LogP contribution < -0.4 is 5.73 Å². The highest BCUT2D eigenvalue weighted by Crippen LogP contribution is 2.32. The van der Waals surface area contributed by atoms with E-state index in [4.69, 9.17) is 21.9 Å². The second-order valence-electron chi connectivity index (χ2n) is 3.45. The summed E-state index contributed by atoms with van der Waals surface area (Å²) in [5, 5.41) is 6.38. The van der Waals surface area contributed by atoms with Gasteiger partial charge in [-0.1, -0.05) is 30.1 Å². The van der Waals surface area contributed by atoms with Crippen molar-refractivity contribution in [1.82, 2.24) is 10.1 Å². The lowest BCUT2D eigenvalue weighted by Gasteiger charge is -2.02. The summed E-state index contributed by atoms with van der Waals surface area (Å²) in [5.41, 5.74) is 5.90. The molecule has 0 saturated heterocycles. The van der Waals surface area contributed by atoms with Gasteiger partial charge in [0.1, 0.15) is 4.88 Å². The lowest BCUT2D eigenvalue weighted by atomic mass is 10.2. The van der Waals surface area contributed by atoms with Crippen molar-refractivity contribution in [3.05, 3.63) is 22.3 Å². The molecular formula is C10H12ClN3OS. The summed E-state index contributed by atoms with van der Waals surface area (Å²) < 4.78 is 5.14. The monoisotopic (exact) mass is 257 g/mol. The third-order valence-electron chi connectivity index (χ3n) is 2.18. The number of thiophene rings is 1. The molecule has 86 valence electrons. The van der Waals surface area contributed by atoms with Gasteiger partial charge in [0.2, 0.25) is 0 Å². The minimum absolute atomic E-state index is 0.166. The molecule has 2 heterocycles. The molecule has 0 saturated carbocycles. The van der Waals surface area contributed by atoms with Gasteiger partial charge >= 0.3 is 0 Å². The highest BCUT2D eigenvalue weighted by atomic mass is 35.5. The van der Waals surface area contributed by atoms with E-state index >= 15 is 0 Å². The third-order valence-corrected chi connectivity index (χ3v) is 3.51. The number of hydrogen-bond donors (Lipinski definition) is 1. The average molecular weight is 258 g/mol. The minimum Gasteiger partial charge on any atom is -0.333 e. The van der Waals surface area contributed by atoms with E-state index in [1.807, 2.05) is 5.38 Å². The van der Waals surface area contributed by atoms with Gasteiger partial charge in [-0.05, 0) is 17.9 Å². The van der Waals surface area contributed by atoms with Crippen LogP contribution in [0.3, 0.4) is 0 Å². The Morgan fingerprint density at radius 1 is 1.62 bits per heavy atom. The van der Waals surface area contributed by atoms with Crippen molar-refractivity contribution in [2.24, 2.45) is 5.73 Å². The third kappa shape index (κ3) is 2.26. The predicted molar refractivity (Wildman–Crippen MR) is 64.5 cm³/mol. The number of aromatic nitrogens is 2. The summed E-state index contributed by atoms with van der Waals surface area (Å²) in [6, 6.07) is 1.64. The summed E-state index contributed by atoms with van der Waals surface area (Å²) in [4.78, 5) is 5.05. The van der Waals surface area contributed by atoms with Gasteiger partial charge < -0.3 is 10.3 Å². The van der Waals surface area contributed by atoms with E-state index in [1.54, 1.807) is 6.07 Å². The van der Waals surface area contributed by atoms with Crippen molar-refractivity contribution < 1.29 is 4.52 Å². The molecule has 1 unspecified atom stereocenters. The van der Waals surface area contributed by atoms with E-state index in [1.165, 1.54) is 11.3 Å². The van der Waals surface area contributed by atoms with Crippen LogP contribution in [-0.4, -0.2) is 10.1 Å². The van der Waals surface area contributed by atoms with Gasteiger partial charge in [-0.15, -0.1) is 11.3 Å². The predicted octanol–water partition coefficient (Wildman–Crippen LogP) is 3.25. The Kier molecular flexibility index (Phi) is 3.58. The Balaban J connectivity index is 2.23.